The van der Waals surface area contributed by atoms with Gasteiger partial charge in [0.2, 0.25) is 0 Å². The van der Waals surface area contributed by atoms with Crippen molar-refractivity contribution in [2.45, 2.75) is 37.7 Å². The van der Waals surface area contributed by atoms with Crippen LogP contribution in [0, 0.1) is 5.82 Å². The Labute approximate surface area is 136 Å². The van der Waals surface area contributed by atoms with Crippen LogP contribution in [0.15, 0.2) is 24.3 Å². The SMILES string of the molecule is CC(O)CCNC(=O)NCC1(c2cccc(F)c2)CCOCC1. The van der Waals surface area contributed by atoms with Crippen LogP contribution in [0.1, 0.15) is 31.7 Å². The van der Waals surface area contributed by atoms with E-state index < -0.39 is 6.10 Å². The fraction of sp³-hybridized carbons (Fsp3) is 0.588. The number of amides is 2. The topological polar surface area (TPSA) is 70.6 Å². The smallest absolute Gasteiger partial charge is 0.314 e. The van der Waals surface area contributed by atoms with E-state index in [1.165, 1.54) is 6.07 Å². The minimum atomic E-state index is -0.440. The van der Waals surface area contributed by atoms with E-state index in [1.54, 1.807) is 19.1 Å². The number of rotatable bonds is 6. The predicted molar refractivity (Wildman–Crippen MR) is 85.8 cm³/mol. The summed E-state index contributed by atoms with van der Waals surface area (Å²) in [5, 5.41) is 14.8. The second-order valence-corrected chi connectivity index (χ2v) is 6.15. The van der Waals surface area contributed by atoms with Gasteiger partial charge in [0.1, 0.15) is 5.82 Å². The first-order valence-electron chi connectivity index (χ1n) is 8.05. The molecule has 1 atom stereocenters. The fourth-order valence-corrected chi connectivity index (χ4v) is 2.85. The van der Waals surface area contributed by atoms with Crippen LogP contribution in [-0.4, -0.2) is 43.5 Å². The number of hydrogen-bond donors (Lipinski definition) is 3. The average molecular weight is 324 g/mol. The van der Waals surface area contributed by atoms with E-state index in [-0.39, 0.29) is 17.3 Å². The van der Waals surface area contributed by atoms with Gasteiger partial charge in [-0.25, -0.2) is 9.18 Å². The lowest BCUT2D eigenvalue weighted by Crippen LogP contribution is -2.47. The molecule has 1 aliphatic rings. The Bertz CT molecular complexity index is 516. The number of aliphatic hydroxyl groups is 1. The number of benzene rings is 1. The van der Waals surface area contributed by atoms with Gasteiger partial charge in [-0.2, -0.15) is 0 Å². The largest absolute Gasteiger partial charge is 0.393 e. The Morgan fingerprint density at radius 3 is 2.78 bits per heavy atom. The van der Waals surface area contributed by atoms with E-state index in [9.17, 15) is 14.3 Å². The molecule has 1 unspecified atom stereocenters. The number of carbonyl (C=O) groups excluding carboxylic acids is 1. The Hall–Kier alpha value is -1.66. The van der Waals surface area contributed by atoms with Crippen molar-refractivity contribution in [1.82, 2.24) is 10.6 Å². The Balaban J connectivity index is 1.98. The van der Waals surface area contributed by atoms with Crippen molar-refractivity contribution in [3.8, 4) is 0 Å². The van der Waals surface area contributed by atoms with Crippen LogP contribution >= 0.6 is 0 Å². The third-order valence-electron chi connectivity index (χ3n) is 4.32. The van der Waals surface area contributed by atoms with Gasteiger partial charge in [0.05, 0.1) is 6.10 Å². The van der Waals surface area contributed by atoms with E-state index in [4.69, 9.17) is 4.74 Å². The highest BCUT2D eigenvalue weighted by molar-refractivity contribution is 5.73. The van der Waals surface area contributed by atoms with Gasteiger partial charge < -0.3 is 20.5 Å². The van der Waals surface area contributed by atoms with E-state index in [1.807, 2.05) is 6.07 Å². The van der Waals surface area contributed by atoms with Crippen LogP contribution in [-0.2, 0) is 10.2 Å². The van der Waals surface area contributed by atoms with Crippen molar-refractivity contribution in [2.75, 3.05) is 26.3 Å². The lowest BCUT2D eigenvalue weighted by Gasteiger charge is -2.38. The zero-order valence-electron chi connectivity index (χ0n) is 13.5. The maximum Gasteiger partial charge on any atom is 0.314 e. The molecular formula is C17H25FN2O3. The van der Waals surface area contributed by atoms with Gasteiger partial charge in [-0.05, 0) is 43.9 Å². The Kier molecular flexibility index (Phi) is 6.36. The molecule has 0 aliphatic carbocycles. The van der Waals surface area contributed by atoms with Crippen molar-refractivity contribution in [2.24, 2.45) is 0 Å². The second kappa shape index (κ2) is 8.26. The molecule has 1 aromatic rings. The van der Waals surface area contributed by atoms with Crippen LogP contribution in [0.3, 0.4) is 0 Å². The van der Waals surface area contributed by atoms with Crippen LogP contribution in [0.25, 0.3) is 0 Å². The van der Waals surface area contributed by atoms with Gasteiger partial charge in [-0.3, -0.25) is 0 Å². The summed E-state index contributed by atoms with van der Waals surface area (Å²) in [6, 6.07) is 6.30. The summed E-state index contributed by atoms with van der Waals surface area (Å²) in [6.45, 7) is 3.73. The third kappa shape index (κ3) is 5.18. The first-order chi connectivity index (χ1) is 11.0. The maximum atomic E-state index is 13.6. The molecule has 1 heterocycles. The second-order valence-electron chi connectivity index (χ2n) is 6.15. The van der Waals surface area contributed by atoms with Crippen molar-refractivity contribution in [1.29, 1.82) is 0 Å². The van der Waals surface area contributed by atoms with E-state index in [2.05, 4.69) is 10.6 Å². The number of nitrogens with one attached hydrogen (secondary N) is 2. The molecule has 1 aliphatic heterocycles. The molecule has 128 valence electrons. The molecule has 1 aromatic carbocycles. The zero-order valence-corrected chi connectivity index (χ0v) is 13.5. The summed E-state index contributed by atoms with van der Waals surface area (Å²) < 4.78 is 19.0. The predicted octanol–water partition coefficient (Wildman–Crippen LogP) is 1.94. The monoisotopic (exact) mass is 324 g/mol. The number of urea groups is 1. The minimum Gasteiger partial charge on any atom is -0.393 e. The Morgan fingerprint density at radius 1 is 1.39 bits per heavy atom. The normalized spacial score (nSPS) is 18.2. The first-order valence-corrected chi connectivity index (χ1v) is 8.05. The lowest BCUT2D eigenvalue weighted by atomic mass is 9.74. The third-order valence-corrected chi connectivity index (χ3v) is 4.32. The van der Waals surface area contributed by atoms with Gasteiger partial charge in [-0.1, -0.05) is 12.1 Å². The van der Waals surface area contributed by atoms with Crippen molar-refractivity contribution in [3.63, 3.8) is 0 Å². The van der Waals surface area contributed by atoms with Crippen LogP contribution in [0.5, 0.6) is 0 Å². The number of ether oxygens (including phenoxy) is 1. The van der Waals surface area contributed by atoms with Gasteiger partial charge in [0, 0.05) is 31.7 Å². The zero-order chi connectivity index (χ0) is 16.7. The van der Waals surface area contributed by atoms with E-state index in [0.29, 0.717) is 32.7 Å². The summed E-state index contributed by atoms with van der Waals surface area (Å²) in [5.41, 5.74) is 0.590. The van der Waals surface area contributed by atoms with Gasteiger partial charge in [0.25, 0.3) is 0 Å². The number of carbonyl (C=O) groups is 1. The molecule has 5 nitrogen and oxygen atoms in total. The molecule has 0 spiro atoms. The summed E-state index contributed by atoms with van der Waals surface area (Å²) in [4.78, 5) is 11.9. The molecule has 1 fully saturated rings. The standard InChI is InChI=1S/C17H25FN2O3/c1-13(21)5-8-19-16(22)20-12-17(6-9-23-10-7-17)14-3-2-4-15(18)11-14/h2-4,11,13,21H,5-10,12H2,1H3,(H2,19,20,22). The number of hydrogen-bond acceptors (Lipinski definition) is 3. The van der Waals surface area contributed by atoms with E-state index in [0.717, 1.165) is 18.4 Å². The maximum absolute atomic E-state index is 13.6. The summed E-state index contributed by atoms with van der Waals surface area (Å²) >= 11 is 0. The fourth-order valence-electron chi connectivity index (χ4n) is 2.85. The number of aliphatic hydroxyl groups excluding tert-OH is 1. The van der Waals surface area contributed by atoms with Crippen LogP contribution in [0.2, 0.25) is 0 Å². The van der Waals surface area contributed by atoms with Crippen molar-refractivity contribution >= 4 is 6.03 Å². The lowest BCUT2D eigenvalue weighted by molar-refractivity contribution is 0.0505. The van der Waals surface area contributed by atoms with Crippen molar-refractivity contribution in [3.05, 3.63) is 35.6 Å². The summed E-state index contributed by atoms with van der Waals surface area (Å²) in [5.74, 6) is -0.269. The average Bonchev–Trinajstić information content (AvgIpc) is 2.53. The molecule has 6 heteroatoms. The molecule has 23 heavy (non-hydrogen) atoms. The minimum absolute atomic E-state index is 0.269. The summed E-state index contributed by atoms with van der Waals surface area (Å²) in [6.07, 6.45) is 1.55. The summed E-state index contributed by atoms with van der Waals surface area (Å²) in [7, 11) is 0. The molecule has 0 aromatic heterocycles. The highest BCUT2D eigenvalue weighted by Gasteiger charge is 2.35. The van der Waals surface area contributed by atoms with E-state index >= 15 is 0 Å². The van der Waals surface area contributed by atoms with Crippen molar-refractivity contribution < 1.29 is 19.0 Å². The molecule has 0 radical (unpaired) electrons. The Morgan fingerprint density at radius 2 is 2.13 bits per heavy atom. The highest BCUT2D eigenvalue weighted by atomic mass is 19.1. The van der Waals surface area contributed by atoms with Gasteiger partial charge in [-0.15, -0.1) is 0 Å². The molecule has 2 rings (SSSR count). The molecular weight excluding hydrogens is 299 g/mol. The first kappa shape index (κ1) is 17.7. The molecule has 0 saturated carbocycles. The van der Waals surface area contributed by atoms with Gasteiger partial charge in [0.15, 0.2) is 0 Å². The molecule has 1 saturated heterocycles. The van der Waals surface area contributed by atoms with Crippen LogP contribution in [0.4, 0.5) is 9.18 Å². The quantitative estimate of drug-likeness (QED) is 0.749. The number of halogens is 1. The molecule has 2 amide bonds. The molecule has 3 N–H and O–H groups in total. The highest BCUT2D eigenvalue weighted by Crippen LogP contribution is 2.34. The molecule has 0 bridgehead atoms. The van der Waals surface area contributed by atoms with Crippen LogP contribution < -0.4 is 10.6 Å². The van der Waals surface area contributed by atoms with Gasteiger partial charge >= 0.3 is 6.03 Å².